The van der Waals surface area contributed by atoms with Crippen LogP contribution in [0, 0.1) is 0 Å². The Morgan fingerprint density at radius 2 is 1.94 bits per heavy atom. The maximum absolute atomic E-state index is 12.8. The zero-order valence-electron chi connectivity index (χ0n) is 18.7. The van der Waals surface area contributed by atoms with Crippen LogP contribution in [0.3, 0.4) is 0 Å². The number of nitrogens with one attached hydrogen (secondary N) is 2. The summed E-state index contributed by atoms with van der Waals surface area (Å²) in [6.45, 7) is 5.15. The second-order valence-electron chi connectivity index (χ2n) is 8.36. The highest BCUT2D eigenvalue weighted by molar-refractivity contribution is 6.04. The van der Waals surface area contributed by atoms with Crippen molar-refractivity contribution in [1.82, 2.24) is 20.0 Å². The van der Waals surface area contributed by atoms with Crippen molar-refractivity contribution in [2.75, 3.05) is 30.4 Å². The fourth-order valence-corrected chi connectivity index (χ4v) is 4.36. The van der Waals surface area contributed by atoms with Crippen molar-refractivity contribution in [2.24, 2.45) is 7.05 Å². The highest BCUT2D eigenvalue weighted by Crippen LogP contribution is 2.31. The molecular weight excluding hydrogens is 396 g/mol. The number of fused-ring (bicyclic) bond motifs is 1. The normalized spacial score (nSPS) is 19.2. The lowest BCUT2D eigenvalue weighted by molar-refractivity contribution is -0.125. The van der Waals surface area contributed by atoms with Crippen molar-refractivity contribution in [2.45, 2.75) is 51.6 Å². The Morgan fingerprint density at radius 3 is 2.61 bits per heavy atom. The van der Waals surface area contributed by atoms with Gasteiger partial charge in [-0.3, -0.25) is 29.3 Å². The molecule has 1 aromatic heterocycles. The first-order chi connectivity index (χ1) is 14.8. The van der Waals surface area contributed by atoms with Crippen molar-refractivity contribution >= 4 is 40.6 Å². The lowest BCUT2D eigenvalue weighted by Gasteiger charge is -2.38. The Balaban J connectivity index is 1.76. The molecule has 1 aliphatic rings. The maximum Gasteiger partial charge on any atom is 0.238 e. The number of hydrogen-bond donors (Lipinski definition) is 2. The summed E-state index contributed by atoms with van der Waals surface area (Å²) in [5.74, 6) is 0.344. The Morgan fingerprint density at radius 1 is 1.23 bits per heavy atom. The number of carbonyl (C=O) groups is 3. The average Bonchev–Trinajstić information content (AvgIpc) is 3.07. The molecule has 0 aliphatic carbocycles. The molecule has 31 heavy (non-hydrogen) atoms. The molecule has 9 nitrogen and oxygen atoms in total. The molecule has 1 aliphatic heterocycles. The van der Waals surface area contributed by atoms with Crippen LogP contribution < -0.4 is 15.5 Å². The summed E-state index contributed by atoms with van der Waals surface area (Å²) < 4.78 is 1.74. The summed E-state index contributed by atoms with van der Waals surface area (Å²) in [4.78, 5) is 39.0. The van der Waals surface area contributed by atoms with Crippen LogP contribution in [-0.4, -0.2) is 65.1 Å². The molecule has 3 rings (SSSR count). The van der Waals surface area contributed by atoms with E-state index in [0.29, 0.717) is 43.1 Å². The topological polar surface area (TPSA) is 99.6 Å². The summed E-state index contributed by atoms with van der Waals surface area (Å²) >= 11 is 0. The molecule has 0 unspecified atom stereocenters. The minimum Gasteiger partial charge on any atom is -0.357 e. The Bertz CT molecular complexity index is 946. The van der Waals surface area contributed by atoms with Crippen molar-refractivity contribution < 1.29 is 14.4 Å². The fraction of sp³-hybridized carbons (Fsp3) is 0.545. The van der Waals surface area contributed by atoms with Gasteiger partial charge in [-0.1, -0.05) is 12.5 Å². The number of nitrogens with zero attached hydrogens (tertiary/aromatic N) is 4. The molecule has 2 atom stereocenters. The summed E-state index contributed by atoms with van der Waals surface area (Å²) in [5.41, 5.74) is 1.54. The number of aryl methyl sites for hydroxylation is 1. The van der Waals surface area contributed by atoms with Gasteiger partial charge in [0.25, 0.3) is 0 Å². The number of hydrogen-bond acceptors (Lipinski definition) is 6. The van der Waals surface area contributed by atoms with Gasteiger partial charge in [0, 0.05) is 44.5 Å². The summed E-state index contributed by atoms with van der Waals surface area (Å²) in [6.07, 6.45) is 4.02. The number of benzene rings is 1. The molecule has 0 radical (unpaired) electrons. The van der Waals surface area contributed by atoms with Gasteiger partial charge in [-0.25, -0.2) is 0 Å². The number of carbonyl (C=O) groups excluding carboxylic acids is 3. The van der Waals surface area contributed by atoms with Crippen LogP contribution in [0.5, 0.6) is 0 Å². The zero-order chi connectivity index (χ0) is 22.5. The van der Waals surface area contributed by atoms with Gasteiger partial charge in [0.05, 0.1) is 17.7 Å². The molecular formula is C22H32N6O3. The van der Waals surface area contributed by atoms with Gasteiger partial charge in [-0.2, -0.15) is 5.10 Å². The average molecular weight is 429 g/mol. The lowest BCUT2D eigenvalue weighted by atomic mass is 9.97. The molecule has 2 heterocycles. The Hall–Kier alpha value is -2.94. The van der Waals surface area contributed by atoms with E-state index in [1.165, 1.54) is 6.42 Å². The van der Waals surface area contributed by atoms with Gasteiger partial charge >= 0.3 is 0 Å². The number of amides is 3. The van der Waals surface area contributed by atoms with Gasteiger partial charge in [0.15, 0.2) is 5.82 Å². The fourth-order valence-electron chi connectivity index (χ4n) is 4.36. The standard InChI is InChI=1S/C22H32N6O3/c1-15-7-5-8-16(2)28(15)13-20(31)24-18-10-6-9-17-21(18)27(4)25-22(17)26(3)12-11-19(30)23-14-29/h6,9-10,14-16H,5,7-8,11-13H2,1-4H3,(H,24,31)(H,23,29,30)/t15-,16+. The number of para-hydroxylation sites is 1. The smallest absolute Gasteiger partial charge is 0.238 e. The number of rotatable bonds is 8. The molecule has 1 saturated heterocycles. The highest BCUT2D eigenvalue weighted by Gasteiger charge is 2.26. The predicted octanol–water partition coefficient (Wildman–Crippen LogP) is 1.87. The molecule has 168 valence electrons. The number of likely N-dealkylation sites (tertiary alicyclic amines) is 1. The first kappa shape index (κ1) is 22.7. The number of anilines is 2. The molecule has 0 spiro atoms. The molecule has 1 fully saturated rings. The van der Waals surface area contributed by atoms with E-state index in [1.54, 1.807) is 4.68 Å². The third-order valence-electron chi connectivity index (χ3n) is 6.08. The van der Waals surface area contributed by atoms with Gasteiger partial charge in [-0.05, 0) is 38.8 Å². The maximum atomic E-state index is 12.8. The summed E-state index contributed by atoms with van der Waals surface area (Å²) in [6, 6.07) is 6.52. The summed E-state index contributed by atoms with van der Waals surface area (Å²) in [7, 11) is 3.68. The van der Waals surface area contributed by atoms with Crippen LogP contribution in [0.25, 0.3) is 10.9 Å². The van der Waals surface area contributed by atoms with E-state index in [-0.39, 0.29) is 18.2 Å². The van der Waals surface area contributed by atoms with Crippen LogP contribution in [0.1, 0.15) is 39.5 Å². The van der Waals surface area contributed by atoms with Gasteiger partial charge in [0.2, 0.25) is 18.2 Å². The van der Waals surface area contributed by atoms with E-state index in [2.05, 4.69) is 34.5 Å². The number of imide groups is 1. The van der Waals surface area contributed by atoms with E-state index < -0.39 is 0 Å². The number of piperidine rings is 1. The molecule has 3 amide bonds. The second-order valence-corrected chi connectivity index (χ2v) is 8.36. The van der Waals surface area contributed by atoms with Crippen LogP contribution in [-0.2, 0) is 21.4 Å². The van der Waals surface area contributed by atoms with Gasteiger partial charge in [0.1, 0.15) is 0 Å². The molecule has 0 saturated carbocycles. The monoisotopic (exact) mass is 428 g/mol. The predicted molar refractivity (Wildman–Crippen MR) is 121 cm³/mol. The highest BCUT2D eigenvalue weighted by atomic mass is 16.2. The first-order valence-electron chi connectivity index (χ1n) is 10.8. The van der Waals surface area contributed by atoms with E-state index in [4.69, 9.17) is 0 Å². The molecule has 0 bridgehead atoms. The first-order valence-corrected chi connectivity index (χ1v) is 10.8. The van der Waals surface area contributed by atoms with E-state index in [9.17, 15) is 14.4 Å². The second kappa shape index (κ2) is 9.91. The molecule has 2 N–H and O–H groups in total. The van der Waals surface area contributed by atoms with E-state index >= 15 is 0 Å². The van der Waals surface area contributed by atoms with E-state index in [1.807, 2.05) is 37.2 Å². The third kappa shape index (κ3) is 5.22. The van der Waals surface area contributed by atoms with Crippen LogP contribution in [0.4, 0.5) is 11.5 Å². The van der Waals surface area contributed by atoms with E-state index in [0.717, 1.165) is 23.7 Å². The quantitative estimate of drug-likeness (QED) is 0.623. The van der Waals surface area contributed by atoms with Crippen LogP contribution in [0.2, 0.25) is 0 Å². The van der Waals surface area contributed by atoms with Gasteiger partial charge < -0.3 is 10.2 Å². The zero-order valence-corrected chi connectivity index (χ0v) is 18.7. The Kier molecular flexibility index (Phi) is 7.27. The minimum atomic E-state index is -0.337. The Labute approximate surface area is 182 Å². The van der Waals surface area contributed by atoms with Crippen molar-refractivity contribution in [3.05, 3.63) is 18.2 Å². The lowest BCUT2D eigenvalue weighted by Crippen LogP contribution is -2.47. The molecule has 9 heteroatoms. The number of aromatic nitrogens is 2. The summed E-state index contributed by atoms with van der Waals surface area (Å²) in [5, 5.41) is 10.7. The van der Waals surface area contributed by atoms with Crippen molar-refractivity contribution in [3.8, 4) is 0 Å². The van der Waals surface area contributed by atoms with Gasteiger partial charge in [-0.15, -0.1) is 0 Å². The largest absolute Gasteiger partial charge is 0.357 e. The van der Waals surface area contributed by atoms with Crippen molar-refractivity contribution in [1.29, 1.82) is 0 Å². The minimum absolute atomic E-state index is 0.0326. The van der Waals surface area contributed by atoms with Crippen LogP contribution >= 0.6 is 0 Å². The molecule has 2 aromatic rings. The van der Waals surface area contributed by atoms with Crippen LogP contribution in [0.15, 0.2) is 18.2 Å². The van der Waals surface area contributed by atoms with Crippen molar-refractivity contribution in [3.63, 3.8) is 0 Å². The molecule has 1 aromatic carbocycles. The third-order valence-corrected chi connectivity index (χ3v) is 6.08. The SMILES string of the molecule is C[C@@H]1CCC[C@H](C)N1CC(=O)Nc1cccc2c(N(C)CCC(=O)NC=O)nn(C)c12.